The van der Waals surface area contributed by atoms with Gasteiger partial charge in [0.2, 0.25) is 0 Å². The largest absolute Gasteiger partial charge is 0.504 e. The molecule has 0 radical (unpaired) electrons. The van der Waals surface area contributed by atoms with Crippen molar-refractivity contribution >= 4 is 0 Å². The molecule has 0 aliphatic heterocycles. The van der Waals surface area contributed by atoms with Gasteiger partial charge in [-0.25, -0.2) is 4.68 Å². The summed E-state index contributed by atoms with van der Waals surface area (Å²) in [4.78, 5) is 0. The third-order valence-corrected chi connectivity index (χ3v) is 2.02. The molecule has 0 bridgehead atoms. The van der Waals surface area contributed by atoms with E-state index in [4.69, 9.17) is 10.2 Å². The number of nitrogens with zero attached hydrogens (tertiary/aromatic N) is 3. The first-order valence-electron chi connectivity index (χ1n) is 4.39. The molecule has 0 amide bonds. The first-order valence-corrected chi connectivity index (χ1v) is 4.39. The van der Waals surface area contributed by atoms with E-state index in [1.54, 1.807) is 0 Å². The molecular formula is C9H9N3O4. The van der Waals surface area contributed by atoms with Crippen LogP contribution < -0.4 is 0 Å². The van der Waals surface area contributed by atoms with Gasteiger partial charge in [-0.3, -0.25) is 0 Å². The monoisotopic (exact) mass is 223 g/mol. The summed E-state index contributed by atoms with van der Waals surface area (Å²) in [5.74, 6) is -1.52. The van der Waals surface area contributed by atoms with Crippen molar-refractivity contribution in [3.63, 3.8) is 0 Å². The molecule has 1 aromatic heterocycles. The number of rotatable bonds is 2. The fourth-order valence-corrected chi connectivity index (χ4v) is 1.22. The first-order chi connectivity index (χ1) is 7.61. The van der Waals surface area contributed by atoms with E-state index in [2.05, 4.69) is 10.3 Å². The highest BCUT2D eigenvalue weighted by molar-refractivity contribution is 5.55. The maximum Gasteiger partial charge on any atom is 0.200 e. The molecule has 0 saturated carbocycles. The maximum absolute atomic E-state index is 9.29. The number of aromatic nitrogens is 3. The van der Waals surface area contributed by atoms with Crippen LogP contribution in [0.15, 0.2) is 18.3 Å². The second-order valence-electron chi connectivity index (χ2n) is 3.15. The van der Waals surface area contributed by atoms with E-state index in [9.17, 15) is 10.2 Å². The van der Waals surface area contributed by atoms with Gasteiger partial charge >= 0.3 is 0 Å². The SMILES string of the molecule is OCc1cn(-c2cc(O)c(O)c(O)c2)nn1. The van der Waals surface area contributed by atoms with Crippen molar-refractivity contribution in [2.75, 3.05) is 0 Å². The Hall–Kier alpha value is -2.28. The Morgan fingerprint density at radius 2 is 1.75 bits per heavy atom. The summed E-state index contributed by atoms with van der Waals surface area (Å²) >= 11 is 0. The fourth-order valence-electron chi connectivity index (χ4n) is 1.22. The average molecular weight is 223 g/mol. The van der Waals surface area contributed by atoms with Crippen molar-refractivity contribution in [1.82, 2.24) is 15.0 Å². The van der Waals surface area contributed by atoms with Gasteiger partial charge in [0.25, 0.3) is 0 Å². The standard InChI is InChI=1S/C9H9N3O4/c13-4-5-3-12(11-10-5)6-1-7(14)9(16)8(15)2-6/h1-3,13-16H,4H2. The van der Waals surface area contributed by atoms with Crippen LogP contribution in [0.3, 0.4) is 0 Å². The Labute approximate surface area is 89.8 Å². The van der Waals surface area contributed by atoms with E-state index in [-0.39, 0.29) is 6.61 Å². The summed E-state index contributed by atoms with van der Waals surface area (Å²) in [6, 6.07) is 2.43. The summed E-state index contributed by atoms with van der Waals surface area (Å²) in [5, 5.41) is 43.8. The van der Waals surface area contributed by atoms with Crippen LogP contribution in [0, 0.1) is 0 Å². The molecule has 0 unspecified atom stereocenters. The van der Waals surface area contributed by atoms with Crippen LogP contribution in [0.2, 0.25) is 0 Å². The lowest BCUT2D eigenvalue weighted by Gasteiger charge is -2.04. The van der Waals surface area contributed by atoms with Gasteiger partial charge in [0.05, 0.1) is 18.5 Å². The van der Waals surface area contributed by atoms with Gasteiger partial charge in [-0.05, 0) is 0 Å². The number of aliphatic hydroxyl groups excluding tert-OH is 1. The normalized spacial score (nSPS) is 10.6. The molecule has 7 heteroatoms. The van der Waals surface area contributed by atoms with Gasteiger partial charge in [-0.1, -0.05) is 5.21 Å². The third-order valence-electron chi connectivity index (χ3n) is 2.02. The van der Waals surface area contributed by atoms with Crippen LogP contribution in [-0.4, -0.2) is 35.4 Å². The number of hydrogen-bond donors (Lipinski definition) is 4. The Balaban J connectivity index is 2.48. The summed E-state index contributed by atoms with van der Waals surface area (Å²) in [6.07, 6.45) is 1.44. The van der Waals surface area contributed by atoms with Crippen molar-refractivity contribution in [1.29, 1.82) is 0 Å². The van der Waals surface area contributed by atoms with Crippen LogP contribution in [0.5, 0.6) is 17.2 Å². The zero-order chi connectivity index (χ0) is 11.7. The van der Waals surface area contributed by atoms with Crippen molar-refractivity contribution in [2.24, 2.45) is 0 Å². The molecule has 16 heavy (non-hydrogen) atoms. The van der Waals surface area contributed by atoms with E-state index in [1.165, 1.54) is 23.0 Å². The number of phenolic OH excluding ortho intramolecular Hbond substituents is 3. The molecule has 84 valence electrons. The summed E-state index contributed by atoms with van der Waals surface area (Å²) in [5.41, 5.74) is 0.673. The minimum absolute atomic E-state index is 0.254. The molecule has 0 fully saturated rings. The molecule has 2 rings (SSSR count). The number of aliphatic hydroxyl groups is 1. The van der Waals surface area contributed by atoms with E-state index in [0.29, 0.717) is 11.4 Å². The Kier molecular flexibility index (Phi) is 2.37. The van der Waals surface area contributed by atoms with E-state index >= 15 is 0 Å². The average Bonchev–Trinajstić information content (AvgIpc) is 2.73. The van der Waals surface area contributed by atoms with Gasteiger partial charge in [-0.15, -0.1) is 5.10 Å². The fraction of sp³-hybridized carbons (Fsp3) is 0.111. The number of benzene rings is 1. The topological polar surface area (TPSA) is 112 Å². The Morgan fingerprint density at radius 1 is 1.12 bits per heavy atom. The zero-order valence-electron chi connectivity index (χ0n) is 8.07. The molecule has 0 aliphatic rings. The Bertz CT molecular complexity index is 500. The first kappa shape index (κ1) is 10.2. The van der Waals surface area contributed by atoms with Crippen molar-refractivity contribution in [3.8, 4) is 22.9 Å². The van der Waals surface area contributed by atoms with Crippen LogP contribution in [0.1, 0.15) is 5.69 Å². The second-order valence-corrected chi connectivity index (χ2v) is 3.15. The lowest BCUT2D eigenvalue weighted by molar-refractivity contribution is 0.276. The molecule has 1 aromatic carbocycles. The zero-order valence-corrected chi connectivity index (χ0v) is 8.07. The minimum atomic E-state index is -0.591. The molecule has 0 atom stereocenters. The van der Waals surface area contributed by atoms with Crippen molar-refractivity contribution < 1.29 is 20.4 Å². The maximum atomic E-state index is 9.29. The van der Waals surface area contributed by atoms with E-state index in [1.807, 2.05) is 0 Å². The van der Waals surface area contributed by atoms with Gasteiger partial charge in [0, 0.05) is 12.1 Å². The summed E-state index contributed by atoms with van der Waals surface area (Å²) in [7, 11) is 0. The van der Waals surface area contributed by atoms with Gasteiger partial charge in [-0.2, -0.15) is 0 Å². The molecule has 0 spiro atoms. The van der Waals surface area contributed by atoms with Gasteiger partial charge in [0.15, 0.2) is 17.2 Å². The highest BCUT2D eigenvalue weighted by Crippen LogP contribution is 2.36. The molecular weight excluding hydrogens is 214 g/mol. The Morgan fingerprint density at radius 3 is 2.25 bits per heavy atom. The number of aromatic hydroxyl groups is 3. The highest BCUT2D eigenvalue weighted by atomic mass is 16.3. The summed E-state index contributed by atoms with van der Waals surface area (Å²) in [6.45, 7) is -0.254. The van der Waals surface area contributed by atoms with Gasteiger partial charge in [0.1, 0.15) is 5.69 Å². The molecule has 7 nitrogen and oxygen atoms in total. The quantitative estimate of drug-likeness (QED) is 0.528. The van der Waals surface area contributed by atoms with Crippen LogP contribution in [0.25, 0.3) is 5.69 Å². The van der Waals surface area contributed by atoms with E-state index in [0.717, 1.165) is 0 Å². The lowest BCUT2D eigenvalue weighted by Crippen LogP contribution is -1.94. The molecule has 2 aromatic rings. The van der Waals surface area contributed by atoms with Crippen molar-refractivity contribution in [3.05, 3.63) is 24.0 Å². The number of phenols is 3. The second kappa shape index (κ2) is 3.70. The van der Waals surface area contributed by atoms with Crippen LogP contribution >= 0.6 is 0 Å². The highest BCUT2D eigenvalue weighted by Gasteiger charge is 2.10. The van der Waals surface area contributed by atoms with E-state index < -0.39 is 17.2 Å². The number of hydrogen-bond acceptors (Lipinski definition) is 6. The third kappa shape index (κ3) is 1.63. The molecule has 4 N–H and O–H groups in total. The summed E-state index contributed by atoms with van der Waals surface area (Å²) < 4.78 is 1.25. The van der Waals surface area contributed by atoms with Crippen molar-refractivity contribution in [2.45, 2.75) is 6.61 Å². The minimum Gasteiger partial charge on any atom is -0.504 e. The predicted molar refractivity (Wildman–Crippen MR) is 52.3 cm³/mol. The van der Waals surface area contributed by atoms with Gasteiger partial charge < -0.3 is 20.4 Å². The molecule has 1 heterocycles. The van der Waals surface area contributed by atoms with Crippen LogP contribution in [-0.2, 0) is 6.61 Å². The van der Waals surface area contributed by atoms with Crippen LogP contribution in [0.4, 0.5) is 0 Å². The molecule has 0 aliphatic carbocycles. The lowest BCUT2D eigenvalue weighted by atomic mass is 10.2. The predicted octanol–water partition coefficient (Wildman–Crippen LogP) is -0.124. The smallest absolute Gasteiger partial charge is 0.200 e. The molecule has 0 saturated heterocycles.